The zero-order valence-corrected chi connectivity index (χ0v) is 10.5. The van der Waals surface area contributed by atoms with Gasteiger partial charge in [-0.2, -0.15) is 0 Å². The number of esters is 1. The second-order valence-corrected chi connectivity index (χ2v) is 3.81. The fourth-order valence-corrected chi connectivity index (χ4v) is 1.67. The van der Waals surface area contributed by atoms with Crippen molar-refractivity contribution in [2.45, 2.75) is 6.92 Å². The van der Waals surface area contributed by atoms with Crippen molar-refractivity contribution in [1.82, 2.24) is 9.97 Å². The Hall–Kier alpha value is -2.17. The highest BCUT2D eigenvalue weighted by Crippen LogP contribution is 2.14. The van der Waals surface area contributed by atoms with Gasteiger partial charge in [0.05, 0.1) is 24.3 Å². The average Bonchev–Trinajstić information content (AvgIpc) is 2.44. The molecule has 0 spiro atoms. The lowest BCUT2D eigenvalue weighted by Gasteiger charge is -2.20. The Balaban J connectivity index is 2.30. The largest absolute Gasteiger partial charge is 0.468 e. The summed E-state index contributed by atoms with van der Waals surface area (Å²) >= 11 is 0. The number of ether oxygens (including phenoxy) is 1. The number of carbonyl (C=O) groups excluding carboxylic acids is 1. The number of para-hydroxylation sites is 2. The molecule has 0 unspecified atom stereocenters. The Morgan fingerprint density at radius 3 is 2.72 bits per heavy atom. The third-order valence-electron chi connectivity index (χ3n) is 2.69. The highest BCUT2D eigenvalue weighted by molar-refractivity contribution is 5.78. The molecule has 1 heterocycles. The molecule has 0 aliphatic carbocycles. The zero-order chi connectivity index (χ0) is 13.0. The summed E-state index contributed by atoms with van der Waals surface area (Å²) < 4.78 is 4.66. The van der Waals surface area contributed by atoms with Crippen LogP contribution >= 0.6 is 0 Å². The Morgan fingerprint density at radius 1 is 1.33 bits per heavy atom. The third-order valence-corrected chi connectivity index (χ3v) is 2.69. The molecule has 18 heavy (non-hydrogen) atoms. The number of hydrogen-bond acceptors (Lipinski definition) is 5. The van der Waals surface area contributed by atoms with E-state index in [0.717, 1.165) is 11.0 Å². The van der Waals surface area contributed by atoms with Crippen LogP contribution in [0.15, 0.2) is 30.5 Å². The van der Waals surface area contributed by atoms with E-state index in [1.807, 2.05) is 36.1 Å². The lowest BCUT2D eigenvalue weighted by Crippen LogP contribution is -2.31. The van der Waals surface area contributed by atoms with Gasteiger partial charge in [0.2, 0.25) is 0 Å². The molecule has 0 amide bonds. The number of hydrogen-bond donors (Lipinski definition) is 0. The molecular weight excluding hydrogens is 230 g/mol. The highest BCUT2D eigenvalue weighted by Gasteiger charge is 2.12. The standard InChI is InChI=1S/C13H15N3O2/c1-3-16(9-13(17)18-2)12-8-14-10-6-4-5-7-11(10)15-12/h4-8H,3,9H2,1-2H3. The fraction of sp³-hybridized carbons (Fsp3) is 0.308. The van der Waals surface area contributed by atoms with E-state index in [1.165, 1.54) is 7.11 Å². The van der Waals surface area contributed by atoms with Crippen molar-refractivity contribution in [3.05, 3.63) is 30.5 Å². The van der Waals surface area contributed by atoms with Gasteiger partial charge in [0.1, 0.15) is 12.4 Å². The summed E-state index contributed by atoms with van der Waals surface area (Å²) in [4.78, 5) is 21.9. The maximum atomic E-state index is 11.3. The summed E-state index contributed by atoms with van der Waals surface area (Å²) in [5, 5.41) is 0. The Bertz CT molecular complexity index is 557. The van der Waals surface area contributed by atoms with Gasteiger partial charge < -0.3 is 9.64 Å². The lowest BCUT2D eigenvalue weighted by atomic mass is 10.3. The van der Waals surface area contributed by atoms with Crippen LogP contribution < -0.4 is 4.90 Å². The first-order valence-electron chi connectivity index (χ1n) is 5.78. The van der Waals surface area contributed by atoms with Gasteiger partial charge in [-0.1, -0.05) is 12.1 Å². The van der Waals surface area contributed by atoms with Crippen LogP contribution in [-0.2, 0) is 9.53 Å². The highest BCUT2D eigenvalue weighted by atomic mass is 16.5. The van der Waals surface area contributed by atoms with E-state index in [1.54, 1.807) is 6.20 Å². The lowest BCUT2D eigenvalue weighted by molar-refractivity contribution is -0.138. The predicted octanol–water partition coefficient (Wildman–Crippen LogP) is 1.63. The summed E-state index contributed by atoms with van der Waals surface area (Å²) in [5.41, 5.74) is 1.66. The number of carbonyl (C=O) groups is 1. The molecule has 0 fully saturated rings. The second kappa shape index (κ2) is 5.44. The average molecular weight is 245 g/mol. The number of anilines is 1. The SMILES string of the molecule is CCN(CC(=O)OC)c1cnc2ccccc2n1. The van der Waals surface area contributed by atoms with Crippen molar-refractivity contribution in [2.24, 2.45) is 0 Å². The first kappa shape index (κ1) is 12.3. The number of benzene rings is 1. The number of methoxy groups -OCH3 is 1. The monoisotopic (exact) mass is 245 g/mol. The Kier molecular flexibility index (Phi) is 3.72. The van der Waals surface area contributed by atoms with E-state index in [2.05, 4.69) is 14.7 Å². The molecule has 0 aliphatic rings. The normalized spacial score (nSPS) is 10.3. The number of likely N-dealkylation sites (N-methyl/N-ethyl adjacent to an activating group) is 1. The first-order chi connectivity index (χ1) is 8.74. The van der Waals surface area contributed by atoms with Crippen LogP contribution in [0.1, 0.15) is 6.92 Å². The second-order valence-electron chi connectivity index (χ2n) is 3.81. The molecule has 1 aromatic carbocycles. The summed E-state index contributed by atoms with van der Waals surface area (Å²) in [6, 6.07) is 7.64. The van der Waals surface area contributed by atoms with Gasteiger partial charge in [-0.25, -0.2) is 4.98 Å². The summed E-state index contributed by atoms with van der Waals surface area (Å²) in [6.07, 6.45) is 1.68. The minimum absolute atomic E-state index is 0.181. The quantitative estimate of drug-likeness (QED) is 0.766. The van der Waals surface area contributed by atoms with Crippen molar-refractivity contribution in [2.75, 3.05) is 25.1 Å². The Morgan fingerprint density at radius 2 is 2.06 bits per heavy atom. The van der Waals surface area contributed by atoms with Crippen molar-refractivity contribution in [3.8, 4) is 0 Å². The topological polar surface area (TPSA) is 55.3 Å². The summed E-state index contributed by atoms with van der Waals surface area (Å²) in [6.45, 7) is 2.81. The third kappa shape index (κ3) is 2.56. The van der Waals surface area contributed by atoms with Crippen LogP contribution in [0.5, 0.6) is 0 Å². The molecule has 0 aliphatic heterocycles. The smallest absolute Gasteiger partial charge is 0.325 e. The van der Waals surface area contributed by atoms with Crippen LogP contribution in [0.3, 0.4) is 0 Å². The molecule has 0 radical (unpaired) electrons. The fourth-order valence-electron chi connectivity index (χ4n) is 1.67. The summed E-state index contributed by atoms with van der Waals surface area (Å²) in [5.74, 6) is 0.397. The molecule has 0 saturated heterocycles. The summed E-state index contributed by atoms with van der Waals surface area (Å²) in [7, 11) is 1.38. The molecule has 2 aromatic rings. The van der Waals surface area contributed by atoms with Crippen molar-refractivity contribution in [1.29, 1.82) is 0 Å². The van der Waals surface area contributed by atoms with Crippen LogP contribution in [-0.4, -0.2) is 36.1 Å². The van der Waals surface area contributed by atoms with E-state index < -0.39 is 0 Å². The van der Waals surface area contributed by atoms with E-state index >= 15 is 0 Å². The molecule has 0 atom stereocenters. The predicted molar refractivity (Wildman–Crippen MR) is 69.4 cm³/mol. The van der Waals surface area contributed by atoms with E-state index in [4.69, 9.17) is 0 Å². The number of aromatic nitrogens is 2. The van der Waals surface area contributed by atoms with Crippen LogP contribution in [0.25, 0.3) is 11.0 Å². The maximum Gasteiger partial charge on any atom is 0.325 e. The van der Waals surface area contributed by atoms with Crippen molar-refractivity contribution in [3.63, 3.8) is 0 Å². The molecule has 5 nitrogen and oxygen atoms in total. The van der Waals surface area contributed by atoms with E-state index in [0.29, 0.717) is 12.4 Å². The van der Waals surface area contributed by atoms with Gasteiger partial charge in [0.15, 0.2) is 0 Å². The molecule has 0 bridgehead atoms. The zero-order valence-electron chi connectivity index (χ0n) is 10.5. The number of nitrogens with zero attached hydrogens (tertiary/aromatic N) is 3. The molecule has 0 saturated carbocycles. The molecular formula is C13H15N3O2. The maximum absolute atomic E-state index is 11.3. The van der Waals surface area contributed by atoms with Gasteiger partial charge >= 0.3 is 5.97 Å². The molecule has 5 heteroatoms. The molecule has 0 N–H and O–H groups in total. The molecule has 94 valence electrons. The van der Waals surface area contributed by atoms with Gasteiger partial charge in [-0.15, -0.1) is 0 Å². The first-order valence-corrected chi connectivity index (χ1v) is 5.78. The number of rotatable bonds is 4. The van der Waals surface area contributed by atoms with Crippen molar-refractivity contribution >= 4 is 22.8 Å². The minimum Gasteiger partial charge on any atom is -0.468 e. The van der Waals surface area contributed by atoms with Gasteiger partial charge in [-0.05, 0) is 19.1 Å². The van der Waals surface area contributed by atoms with Crippen LogP contribution in [0.2, 0.25) is 0 Å². The number of fused-ring (bicyclic) bond motifs is 1. The molecule has 1 aromatic heterocycles. The molecule has 2 rings (SSSR count). The van der Waals surface area contributed by atoms with Crippen LogP contribution in [0, 0.1) is 0 Å². The van der Waals surface area contributed by atoms with Crippen molar-refractivity contribution < 1.29 is 9.53 Å². The Labute approximate surface area is 105 Å². The van der Waals surface area contributed by atoms with E-state index in [-0.39, 0.29) is 12.5 Å². The van der Waals surface area contributed by atoms with Gasteiger partial charge in [0.25, 0.3) is 0 Å². The van der Waals surface area contributed by atoms with Gasteiger partial charge in [-0.3, -0.25) is 9.78 Å². The van der Waals surface area contributed by atoms with Crippen LogP contribution in [0.4, 0.5) is 5.82 Å². The minimum atomic E-state index is -0.285. The van der Waals surface area contributed by atoms with Gasteiger partial charge in [0, 0.05) is 6.54 Å². The van der Waals surface area contributed by atoms with E-state index in [9.17, 15) is 4.79 Å².